The zero-order valence-electron chi connectivity index (χ0n) is 17.2. The highest BCUT2D eigenvalue weighted by molar-refractivity contribution is 5.40. The fourth-order valence-electron chi connectivity index (χ4n) is 5.05. The van der Waals surface area contributed by atoms with Gasteiger partial charge in [-0.05, 0) is 75.6 Å². The molecule has 2 aromatic rings. The van der Waals surface area contributed by atoms with Gasteiger partial charge in [-0.25, -0.2) is 4.68 Å². The molecule has 0 unspecified atom stereocenters. The average molecular weight is 395 g/mol. The summed E-state index contributed by atoms with van der Waals surface area (Å²) in [6, 6.07) is 4.61. The number of rotatable bonds is 3. The molecule has 3 aliphatic rings. The van der Waals surface area contributed by atoms with E-state index in [-0.39, 0.29) is 11.6 Å². The van der Waals surface area contributed by atoms with E-state index >= 15 is 0 Å². The van der Waals surface area contributed by atoms with Gasteiger partial charge in [0.15, 0.2) is 0 Å². The molecule has 1 N–H and O–H groups in total. The van der Waals surface area contributed by atoms with Gasteiger partial charge in [0.1, 0.15) is 5.82 Å². The highest BCUT2D eigenvalue weighted by Gasteiger charge is 2.26. The molecule has 0 amide bonds. The monoisotopic (exact) mass is 394 g/mol. The normalized spacial score (nSPS) is 24.6. The van der Waals surface area contributed by atoms with Gasteiger partial charge in [0.2, 0.25) is 0 Å². The van der Waals surface area contributed by atoms with E-state index in [0.717, 1.165) is 75.2 Å². The summed E-state index contributed by atoms with van der Waals surface area (Å²) in [5.41, 5.74) is 4.81. The molecule has 0 bridgehead atoms. The van der Waals surface area contributed by atoms with Crippen LogP contribution in [0.5, 0.6) is 0 Å². The minimum absolute atomic E-state index is 0.0757. The van der Waals surface area contributed by atoms with Crippen molar-refractivity contribution in [1.29, 1.82) is 0 Å². The largest absolute Gasteiger partial charge is 0.366 e. The smallest absolute Gasteiger partial charge is 0.267 e. The molecule has 2 aliphatic carbocycles. The number of anilines is 1. The topological polar surface area (TPSA) is 75.9 Å². The molecule has 0 spiro atoms. The minimum Gasteiger partial charge on any atom is -0.366 e. The van der Waals surface area contributed by atoms with Gasteiger partial charge < -0.3 is 10.2 Å². The van der Waals surface area contributed by atoms with E-state index in [4.69, 9.17) is 5.10 Å². The van der Waals surface area contributed by atoms with Gasteiger partial charge in [-0.15, -0.1) is 5.10 Å². The lowest BCUT2D eigenvalue weighted by molar-refractivity contribution is 0.299. The molecule has 5 rings (SSSR count). The summed E-state index contributed by atoms with van der Waals surface area (Å²) in [6.45, 7) is 1.99. The summed E-state index contributed by atoms with van der Waals surface area (Å²) in [5, 5.41) is 17.2. The van der Waals surface area contributed by atoms with Crippen LogP contribution in [0.1, 0.15) is 67.1 Å². The Labute approximate surface area is 171 Å². The van der Waals surface area contributed by atoms with E-state index in [1.807, 2.05) is 6.07 Å². The van der Waals surface area contributed by atoms with E-state index in [2.05, 4.69) is 33.5 Å². The number of hydrogen-bond acceptors (Lipinski definition) is 6. The Bertz CT molecular complexity index is 947. The van der Waals surface area contributed by atoms with Crippen LogP contribution in [0.2, 0.25) is 0 Å². The molecule has 7 heteroatoms. The van der Waals surface area contributed by atoms with Crippen molar-refractivity contribution in [1.82, 2.24) is 24.9 Å². The van der Waals surface area contributed by atoms with Crippen molar-refractivity contribution in [3.63, 3.8) is 0 Å². The second-order valence-corrected chi connectivity index (χ2v) is 8.95. The highest BCUT2D eigenvalue weighted by Crippen LogP contribution is 2.30. The maximum absolute atomic E-state index is 12.6. The van der Waals surface area contributed by atoms with E-state index in [1.165, 1.54) is 24.0 Å². The summed E-state index contributed by atoms with van der Waals surface area (Å²) in [7, 11) is 2.15. The lowest BCUT2D eigenvalue weighted by Crippen LogP contribution is -2.35. The van der Waals surface area contributed by atoms with Crippen LogP contribution in [0, 0.1) is 0 Å². The van der Waals surface area contributed by atoms with Crippen molar-refractivity contribution < 1.29 is 0 Å². The third kappa shape index (κ3) is 3.92. The summed E-state index contributed by atoms with van der Waals surface area (Å²) in [4.78, 5) is 14.9. The maximum Gasteiger partial charge on any atom is 0.267 e. The van der Waals surface area contributed by atoms with Crippen molar-refractivity contribution >= 4 is 5.82 Å². The number of nitrogens with one attached hydrogen (secondary N) is 1. The molecule has 0 radical (unpaired) electrons. The van der Waals surface area contributed by atoms with Crippen LogP contribution in [-0.2, 0) is 25.8 Å². The van der Waals surface area contributed by atoms with E-state index in [0.29, 0.717) is 6.04 Å². The van der Waals surface area contributed by atoms with Crippen molar-refractivity contribution in [2.75, 3.05) is 18.9 Å². The molecule has 154 valence electrons. The van der Waals surface area contributed by atoms with Crippen LogP contribution in [0.4, 0.5) is 5.82 Å². The Morgan fingerprint density at radius 3 is 2.66 bits per heavy atom. The summed E-state index contributed by atoms with van der Waals surface area (Å²) in [5.74, 6) is 0.881. The molecule has 2 aromatic heterocycles. The molecule has 0 atom stereocenters. The summed E-state index contributed by atoms with van der Waals surface area (Å²) in [6.07, 6.45) is 9.36. The van der Waals surface area contributed by atoms with Crippen LogP contribution >= 0.6 is 0 Å². The SMILES string of the molecule is CN1CCc2nnc(NC3CCC(n4nc5c(cc4=O)CCCC5)CC3)cc2C1. The summed E-state index contributed by atoms with van der Waals surface area (Å²) < 4.78 is 1.77. The van der Waals surface area contributed by atoms with Crippen molar-refractivity contribution in [2.24, 2.45) is 0 Å². The Morgan fingerprint density at radius 1 is 0.966 bits per heavy atom. The van der Waals surface area contributed by atoms with Crippen LogP contribution in [0.3, 0.4) is 0 Å². The van der Waals surface area contributed by atoms with Crippen LogP contribution in [-0.4, -0.2) is 44.5 Å². The Balaban J connectivity index is 1.23. The molecule has 1 saturated carbocycles. The van der Waals surface area contributed by atoms with Gasteiger partial charge in [-0.3, -0.25) is 4.79 Å². The van der Waals surface area contributed by atoms with Gasteiger partial charge in [-0.1, -0.05) is 0 Å². The predicted octanol–water partition coefficient (Wildman–Crippen LogP) is 2.50. The van der Waals surface area contributed by atoms with E-state index in [9.17, 15) is 4.79 Å². The van der Waals surface area contributed by atoms with Gasteiger partial charge >= 0.3 is 0 Å². The molecular weight excluding hydrogens is 364 g/mol. The molecule has 3 heterocycles. The lowest BCUT2D eigenvalue weighted by Gasteiger charge is -2.31. The zero-order valence-corrected chi connectivity index (χ0v) is 17.2. The standard InChI is InChI=1S/C22H30N6O/c1-27-11-10-19-16(14-27)12-21(25-24-19)23-17-6-8-18(9-7-17)28-22(29)13-15-4-2-3-5-20(15)26-28/h12-13,17-18H,2-11,14H2,1H3,(H,23,25). The quantitative estimate of drug-likeness (QED) is 0.862. The van der Waals surface area contributed by atoms with E-state index < -0.39 is 0 Å². The first kappa shape index (κ1) is 18.7. The molecule has 1 aliphatic heterocycles. The molecule has 0 saturated heterocycles. The summed E-state index contributed by atoms with van der Waals surface area (Å²) >= 11 is 0. The number of likely N-dealkylation sites (N-methyl/N-ethyl adjacent to an activating group) is 1. The first-order chi connectivity index (χ1) is 14.2. The first-order valence-electron chi connectivity index (χ1n) is 11.1. The van der Waals surface area contributed by atoms with Crippen LogP contribution in [0.25, 0.3) is 0 Å². The Kier molecular flexibility index (Phi) is 5.08. The van der Waals surface area contributed by atoms with Crippen LogP contribution in [0.15, 0.2) is 16.9 Å². The van der Waals surface area contributed by atoms with Crippen molar-refractivity contribution in [2.45, 2.75) is 76.4 Å². The highest BCUT2D eigenvalue weighted by atomic mass is 16.1. The number of aromatic nitrogens is 4. The second kappa shape index (κ2) is 7.86. The third-order valence-corrected chi connectivity index (χ3v) is 6.76. The molecule has 0 aromatic carbocycles. The second-order valence-electron chi connectivity index (χ2n) is 8.95. The Morgan fingerprint density at radius 2 is 1.79 bits per heavy atom. The number of fused-ring (bicyclic) bond motifs is 2. The lowest BCUT2D eigenvalue weighted by atomic mass is 9.91. The van der Waals surface area contributed by atoms with E-state index in [1.54, 1.807) is 4.68 Å². The third-order valence-electron chi connectivity index (χ3n) is 6.76. The maximum atomic E-state index is 12.6. The molecular formula is C22H30N6O. The number of aryl methyl sites for hydroxylation is 2. The predicted molar refractivity (Wildman–Crippen MR) is 112 cm³/mol. The molecule has 29 heavy (non-hydrogen) atoms. The van der Waals surface area contributed by atoms with Crippen LogP contribution < -0.4 is 10.9 Å². The van der Waals surface area contributed by atoms with Crippen molar-refractivity contribution in [3.05, 3.63) is 45.0 Å². The average Bonchev–Trinajstić information content (AvgIpc) is 2.73. The Hall–Kier alpha value is -2.28. The first-order valence-corrected chi connectivity index (χ1v) is 11.1. The number of hydrogen-bond donors (Lipinski definition) is 1. The van der Waals surface area contributed by atoms with Gasteiger partial charge in [0.05, 0.1) is 17.4 Å². The van der Waals surface area contributed by atoms with Gasteiger partial charge in [0, 0.05) is 31.6 Å². The van der Waals surface area contributed by atoms with Gasteiger partial charge in [0.25, 0.3) is 5.56 Å². The molecule has 7 nitrogen and oxygen atoms in total. The fourth-order valence-corrected chi connectivity index (χ4v) is 5.05. The van der Waals surface area contributed by atoms with Gasteiger partial charge in [-0.2, -0.15) is 10.2 Å². The zero-order chi connectivity index (χ0) is 19.8. The van der Waals surface area contributed by atoms with Crippen molar-refractivity contribution in [3.8, 4) is 0 Å². The molecule has 1 fully saturated rings. The fraction of sp³-hybridized carbons (Fsp3) is 0.636. The minimum atomic E-state index is 0.0757. The number of nitrogens with zero attached hydrogens (tertiary/aromatic N) is 5.